The van der Waals surface area contributed by atoms with Gasteiger partial charge >= 0.3 is 5.97 Å². The van der Waals surface area contributed by atoms with Crippen molar-refractivity contribution in [2.75, 3.05) is 6.54 Å². The summed E-state index contributed by atoms with van der Waals surface area (Å²) in [7, 11) is 0. The quantitative estimate of drug-likeness (QED) is 0.887. The Bertz CT molecular complexity index is 679. The molecule has 6 heteroatoms. The Kier molecular flexibility index (Phi) is 4.45. The number of rotatable bonds is 5. The van der Waals surface area contributed by atoms with Gasteiger partial charge in [-0.3, -0.25) is 9.48 Å². The number of hydrogen-bond donors (Lipinski definition) is 2. The van der Waals surface area contributed by atoms with Crippen molar-refractivity contribution >= 4 is 17.6 Å². The Hall–Kier alpha value is -1.85. The Labute approximate surface area is 133 Å². The van der Waals surface area contributed by atoms with Crippen LogP contribution in [0.15, 0.2) is 24.3 Å². The largest absolute Gasteiger partial charge is 0.481 e. The van der Waals surface area contributed by atoms with E-state index in [0.29, 0.717) is 6.54 Å². The lowest BCUT2D eigenvalue weighted by Crippen LogP contribution is -2.25. The summed E-state index contributed by atoms with van der Waals surface area (Å²) in [6.07, 6.45) is 1.73. The molecule has 0 fully saturated rings. The van der Waals surface area contributed by atoms with E-state index >= 15 is 0 Å². The molecule has 2 aromatic rings. The van der Waals surface area contributed by atoms with Crippen LogP contribution in [-0.4, -0.2) is 27.4 Å². The van der Waals surface area contributed by atoms with Crippen LogP contribution in [0.25, 0.3) is 0 Å². The third-order valence-corrected chi connectivity index (χ3v) is 4.16. The van der Waals surface area contributed by atoms with E-state index < -0.39 is 5.97 Å². The monoisotopic (exact) mass is 319 g/mol. The maximum atomic E-state index is 10.8. The summed E-state index contributed by atoms with van der Waals surface area (Å²) in [4.78, 5) is 10.8. The number of carbonyl (C=O) groups is 1. The van der Waals surface area contributed by atoms with Crippen molar-refractivity contribution in [1.82, 2.24) is 15.1 Å². The highest BCUT2D eigenvalue weighted by molar-refractivity contribution is 6.30. The number of carboxylic acid groups (broad SMARTS) is 1. The molecule has 1 aliphatic heterocycles. The summed E-state index contributed by atoms with van der Waals surface area (Å²) < 4.78 is 1.87. The fraction of sp³-hybridized carbons (Fsp3) is 0.375. The van der Waals surface area contributed by atoms with Crippen molar-refractivity contribution in [3.8, 4) is 0 Å². The zero-order valence-corrected chi connectivity index (χ0v) is 12.9. The maximum Gasteiger partial charge on any atom is 0.305 e. The molecule has 1 aliphatic rings. The molecule has 0 amide bonds. The van der Waals surface area contributed by atoms with Gasteiger partial charge in [0.15, 0.2) is 0 Å². The first kappa shape index (κ1) is 15.1. The molecule has 0 saturated carbocycles. The minimum absolute atomic E-state index is 0.0991. The first-order valence-corrected chi connectivity index (χ1v) is 7.75. The highest BCUT2D eigenvalue weighted by Crippen LogP contribution is 2.22. The van der Waals surface area contributed by atoms with E-state index in [9.17, 15) is 4.79 Å². The molecule has 5 nitrogen and oxygen atoms in total. The van der Waals surface area contributed by atoms with Gasteiger partial charge in [0.1, 0.15) is 0 Å². The molecule has 22 heavy (non-hydrogen) atoms. The number of aromatic nitrogens is 2. The number of hydrogen-bond acceptors (Lipinski definition) is 3. The number of aliphatic carboxylic acids is 1. The highest BCUT2D eigenvalue weighted by Gasteiger charge is 2.20. The number of benzene rings is 1. The van der Waals surface area contributed by atoms with Crippen LogP contribution in [0.1, 0.15) is 28.9 Å². The molecule has 0 saturated heterocycles. The van der Waals surface area contributed by atoms with Crippen molar-refractivity contribution < 1.29 is 9.90 Å². The van der Waals surface area contributed by atoms with Crippen LogP contribution in [0, 0.1) is 0 Å². The molecular weight excluding hydrogens is 302 g/mol. The lowest BCUT2D eigenvalue weighted by Gasteiger charge is -2.15. The van der Waals surface area contributed by atoms with Gasteiger partial charge in [0, 0.05) is 42.2 Å². The first-order valence-electron chi connectivity index (χ1n) is 7.38. The van der Waals surface area contributed by atoms with Crippen LogP contribution in [0.4, 0.5) is 0 Å². The van der Waals surface area contributed by atoms with Gasteiger partial charge in [-0.1, -0.05) is 23.7 Å². The molecule has 0 unspecified atom stereocenters. The molecule has 2 N–H and O–H groups in total. The smallest absolute Gasteiger partial charge is 0.305 e. The van der Waals surface area contributed by atoms with Crippen LogP contribution in [0.3, 0.4) is 0 Å². The lowest BCUT2D eigenvalue weighted by atomic mass is 10.0. The summed E-state index contributed by atoms with van der Waals surface area (Å²) >= 11 is 5.92. The third-order valence-electron chi connectivity index (χ3n) is 3.91. The number of aryl methyl sites for hydroxylation is 1. The van der Waals surface area contributed by atoms with Crippen molar-refractivity contribution in [3.63, 3.8) is 0 Å². The molecule has 0 spiro atoms. The van der Waals surface area contributed by atoms with E-state index in [4.69, 9.17) is 16.7 Å². The Morgan fingerprint density at radius 3 is 2.86 bits per heavy atom. The minimum atomic E-state index is -0.794. The number of nitrogens with one attached hydrogen (secondary N) is 1. The molecule has 0 aliphatic carbocycles. The van der Waals surface area contributed by atoms with Crippen LogP contribution in [0.5, 0.6) is 0 Å². The van der Waals surface area contributed by atoms with Gasteiger partial charge in [0.25, 0.3) is 0 Å². The average molecular weight is 320 g/mol. The second-order valence-electron chi connectivity index (χ2n) is 5.47. The lowest BCUT2D eigenvalue weighted by molar-refractivity contribution is -0.137. The van der Waals surface area contributed by atoms with Crippen LogP contribution in [-0.2, 0) is 30.7 Å². The van der Waals surface area contributed by atoms with E-state index in [2.05, 4.69) is 10.4 Å². The topological polar surface area (TPSA) is 67.1 Å². The third kappa shape index (κ3) is 3.31. The molecule has 1 aromatic heterocycles. The highest BCUT2D eigenvalue weighted by atomic mass is 35.5. The molecule has 3 rings (SSSR count). The van der Waals surface area contributed by atoms with Gasteiger partial charge in [-0.25, -0.2) is 0 Å². The summed E-state index contributed by atoms with van der Waals surface area (Å²) in [5.74, 6) is -0.794. The Morgan fingerprint density at radius 1 is 1.36 bits per heavy atom. The molecule has 0 radical (unpaired) electrons. The fourth-order valence-corrected chi connectivity index (χ4v) is 2.94. The van der Waals surface area contributed by atoms with Crippen LogP contribution >= 0.6 is 11.6 Å². The normalized spacial score (nSPS) is 13.9. The van der Waals surface area contributed by atoms with Crippen molar-refractivity contribution in [2.45, 2.75) is 32.4 Å². The Balaban J connectivity index is 1.86. The second kappa shape index (κ2) is 6.50. The minimum Gasteiger partial charge on any atom is -0.481 e. The van der Waals surface area contributed by atoms with Crippen molar-refractivity contribution in [3.05, 3.63) is 51.8 Å². The summed E-state index contributed by atoms with van der Waals surface area (Å²) in [5.41, 5.74) is 4.56. The van der Waals surface area contributed by atoms with Gasteiger partial charge < -0.3 is 10.4 Å². The van der Waals surface area contributed by atoms with Gasteiger partial charge in [0.05, 0.1) is 18.7 Å². The summed E-state index contributed by atoms with van der Waals surface area (Å²) in [5, 5.41) is 17.6. The van der Waals surface area contributed by atoms with Gasteiger partial charge in [0.2, 0.25) is 0 Å². The molecular formula is C16H18ClN3O2. The molecule has 0 bridgehead atoms. The van der Waals surface area contributed by atoms with Gasteiger partial charge in [-0.15, -0.1) is 0 Å². The fourth-order valence-electron chi connectivity index (χ4n) is 2.82. The zero-order valence-electron chi connectivity index (χ0n) is 12.2. The van der Waals surface area contributed by atoms with E-state index in [1.54, 1.807) is 0 Å². The summed E-state index contributed by atoms with van der Waals surface area (Å²) in [6.45, 7) is 2.13. The zero-order chi connectivity index (χ0) is 15.5. The van der Waals surface area contributed by atoms with E-state index in [0.717, 1.165) is 42.2 Å². The predicted molar refractivity (Wildman–Crippen MR) is 84.1 cm³/mol. The number of fused-ring (bicyclic) bond motifs is 1. The number of nitrogens with zero attached hydrogens (tertiary/aromatic N) is 2. The predicted octanol–water partition coefficient (Wildman–Crippen LogP) is 2.25. The van der Waals surface area contributed by atoms with E-state index in [1.807, 2.05) is 28.9 Å². The molecule has 1 aromatic carbocycles. The summed E-state index contributed by atoms with van der Waals surface area (Å²) in [6, 6.07) is 7.76. The van der Waals surface area contributed by atoms with E-state index in [-0.39, 0.29) is 6.42 Å². The molecule has 116 valence electrons. The standard InChI is InChI=1S/C16H18ClN3O2/c17-12-3-1-11(2-4-12)9-14-13-10-18-7-5-15(13)20(19-14)8-6-16(21)22/h1-4,18H,5-10H2,(H,21,22). The van der Waals surface area contributed by atoms with E-state index in [1.165, 1.54) is 11.3 Å². The number of carboxylic acids is 1. The van der Waals surface area contributed by atoms with Crippen molar-refractivity contribution in [1.29, 1.82) is 0 Å². The van der Waals surface area contributed by atoms with Crippen molar-refractivity contribution in [2.24, 2.45) is 0 Å². The molecule has 2 heterocycles. The SMILES string of the molecule is O=C(O)CCn1nc(Cc2ccc(Cl)cc2)c2c1CCNC2. The number of halogens is 1. The Morgan fingerprint density at radius 2 is 2.14 bits per heavy atom. The molecule has 0 atom stereocenters. The maximum absolute atomic E-state index is 10.8. The van der Waals surface area contributed by atoms with Crippen LogP contribution < -0.4 is 5.32 Å². The van der Waals surface area contributed by atoms with Gasteiger partial charge in [-0.05, 0) is 17.7 Å². The first-order chi connectivity index (χ1) is 10.6. The van der Waals surface area contributed by atoms with Crippen LogP contribution in [0.2, 0.25) is 5.02 Å². The second-order valence-corrected chi connectivity index (χ2v) is 5.91. The average Bonchev–Trinajstić information content (AvgIpc) is 2.86. The van der Waals surface area contributed by atoms with Gasteiger partial charge in [-0.2, -0.15) is 5.10 Å².